The molecule has 0 spiro atoms. The monoisotopic (exact) mass is 346 g/mol. The van der Waals surface area contributed by atoms with Gasteiger partial charge in [0.25, 0.3) is 0 Å². The Morgan fingerprint density at radius 1 is 1.40 bits per heavy atom. The first-order chi connectivity index (χ1) is 9.52. The highest BCUT2D eigenvalue weighted by Gasteiger charge is 2.06. The molecule has 7 nitrogen and oxygen atoms in total. The van der Waals surface area contributed by atoms with Gasteiger partial charge in [0.1, 0.15) is 12.4 Å². The minimum atomic E-state index is -1.05. The first-order valence-corrected chi connectivity index (χ1v) is 6.50. The van der Waals surface area contributed by atoms with Crippen LogP contribution in [0.4, 0.5) is 10.5 Å². The molecule has 2 amide bonds. The number of rotatable bonds is 7. The number of carboxylic acid groups (broad SMARTS) is 1. The van der Waals surface area contributed by atoms with Crippen LogP contribution in [0.5, 0.6) is 5.75 Å². The normalized spacial score (nSPS) is 9.90. The predicted octanol–water partition coefficient (Wildman–Crippen LogP) is 1.68. The van der Waals surface area contributed by atoms with E-state index in [9.17, 15) is 9.59 Å². The number of urea groups is 1. The number of aliphatic carboxylic acids is 1. The van der Waals surface area contributed by atoms with Gasteiger partial charge in [0.2, 0.25) is 0 Å². The van der Waals surface area contributed by atoms with Crippen molar-refractivity contribution in [3.05, 3.63) is 22.7 Å². The molecule has 0 fully saturated rings. The Hall–Kier alpha value is -1.80. The summed E-state index contributed by atoms with van der Waals surface area (Å²) in [6.45, 7) is -0.0512. The maximum Gasteiger partial charge on any atom is 0.329 e. The second kappa shape index (κ2) is 8.39. The van der Waals surface area contributed by atoms with Crippen LogP contribution in [0.15, 0.2) is 22.7 Å². The molecule has 8 heteroatoms. The third kappa shape index (κ3) is 5.89. The number of nitrogens with one attached hydrogen (secondary N) is 2. The second-order valence-electron chi connectivity index (χ2n) is 3.67. The fourth-order valence-corrected chi connectivity index (χ4v) is 1.64. The lowest BCUT2D eigenvalue weighted by Crippen LogP contribution is -2.32. The van der Waals surface area contributed by atoms with Gasteiger partial charge in [-0.15, -0.1) is 0 Å². The van der Waals surface area contributed by atoms with Gasteiger partial charge in [-0.2, -0.15) is 0 Å². The Balaban J connectivity index is 2.37. The van der Waals surface area contributed by atoms with E-state index in [4.69, 9.17) is 14.6 Å². The molecule has 110 valence electrons. The molecule has 0 saturated carbocycles. The third-order valence-corrected chi connectivity index (χ3v) is 2.87. The number of ether oxygens (including phenoxy) is 2. The molecule has 0 aliphatic rings. The zero-order chi connectivity index (χ0) is 15.0. The number of methoxy groups -OCH3 is 1. The first-order valence-electron chi connectivity index (χ1n) is 5.71. The number of hydrogen-bond donors (Lipinski definition) is 3. The third-order valence-electron chi connectivity index (χ3n) is 2.18. The highest BCUT2D eigenvalue weighted by molar-refractivity contribution is 9.10. The van der Waals surface area contributed by atoms with Crippen molar-refractivity contribution in [3.8, 4) is 5.75 Å². The van der Waals surface area contributed by atoms with Gasteiger partial charge in [-0.3, -0.25) is 0 Å². The smallest absolute Gasteiger partial charge is 0.329 e. The van der Waals surface area contributed by atoms with Crippen LogP contribution in [0.3, 0.4) is 0 Å². The number of carboxylic acids is 1. The summed E-state index contributed by atoms with van der Waals surface area (Å²) in [5, 5.41) is 13.5. The van der Waals surface area contributed by atoms with Crippen LogP contribution in [0.25, 0.3) is 0 Å². The van der Waals surface area contributed by atoms with Crippen molar-refractivity contribution >= 4 is 33.6 Å². The minimum Gasteiger partial charge on any atom is -0.497 e. The fourth-order valence-electron chi connectivity index (χ4n) is 1.29. The van der Waals surface area contributed by atoms with E-state index in [1.807, 2.05) is 0 Å². The van der Waals surface area contributed by atoms with Crippen molar-refractivity contribution in [2.24, 2.45) is 0 Å². The molecule has 0 saturated heterocycles. The zero-order valence-corrected chi connectivity index (χ0v) is 12.4. The quantitative estimate of drug-likeness (QED) is 0.652. The molecule has 0 aliphatic carbocycles. The van der Waals surface area contributed by atoms with Gasteiger partial charge in [-0.05, 0) is 28.1 Å². The molecule has 0 radical (unpaired) electrons. The molecule has 0 aliphatic heterocycles. The van der Waals surface area contributed by atoms with Gasteiger partial charge in [0.05, 0.1) is 19.4 Å². The molecule has 0 heterocycles. The number of hydrogen-bond acceptors (Lipinski definition) is 4. The van der Waals surface area contributed by atoms with Crippen LogP contribution < -0.4 is 15.4 Å². The van der Waals surface area contributed by atoms with Gasteiger partial charge in [0.15, 0.2) is 0 Å². The summed E-state index contributed by atoms with van der Waals surface area (Å²) in [6, 6.07) is 4.76. The molecule has 0 unspecified atom stereocenters. The van der Waals surface area contributed by atoms with Crippen LogP contribution in [0.1, 0.15) is 0 Å². The van der Waals surface area contributed by atoms with Crippen molar-refractivity contribution in [2.45, 2.75) is 0 Å². The van der Waals surface area contributed by atoms with Crippen LogP contribution >= 0.6 is 15.9 Å². The largest absolute Gasteiger partial charge is 0.497 e. The summed E-state index contributed by atoms with van der Waals surface area (Å²) in [5.74, 6) is -0.428. The molecule has 1 aromatic rings. The molecule has 0 atom stereocenters. The molecular formula is C12H15BrN2O5. The van der Waals surface area contributed by atoms with Crippen molar-refractivity contribution in [3.63, 3.8) is 0 Å². The number of halogens is 1. The molecule has 1 aromatic carbocycles. The second-order valence-corrected chi connectivity index (χ2v) is 4.53. The number of benzene rings is 1. The van der Waals surface area contributed by atoms with E-state index in [0.29, 0.717) is 11.4 Å². The Bertz CT molecular complexity index is 481. The number of carbonyl (C=O) groups is 2. The van der Waals surface area contributed by atoms with E-state index in [1.54, 1.807) is 18.2 Å². The topological polar surface area (TPSA) is 96.9 Å². The number of anilines is 1. The van der Waals surface area contributed by atoms with Crippen LogP contribution in [-0.2, 0) is 9.53 Å². The van der Waals surface area contributed by atoms with E-state index in [2.05, 4.69) is 26.6 Å². The van der Waals surface area contributed by atoms with E-state index in [0.717, 1.165) is 4.47 Å². The van der Waals surface area contributed by atoms with Crippen LogP contribution in [-0.4, -0.2) is 44.0 Å². The lowest BCUT2D eigenvalue weighted by atomic mass is 10.3. The van der Waals surface area contributed by atoms with Crippen LogP contribution in [0, 0.1) is 0 Å². The molecule has 0 aromatic heterocycles. The minimum absolute atomic E-state index is 0.124. The van der Waals surface area contributed by atoms with Gasteiger partial charge in [0, 0.05) is 17.1 Å². The molecule has 1 rings (SSSR count). The summed E-state index contributed by atoms with van der Waals surface area (Å²) in [7, 11) is 1.53. The first kappa shape index (κ1) is 16.3. The van der Waals surface area contributed by atoms with E-state index >= 15 is 0 Å². The lowest BCUT2D eigenvalue weighted by Gasteiger charge is -2.10. The Labute approximate surface area is 124 Å². The molecule has 20 heavy (non-hydrogen) atoms. The van der Waals surface area contributed by atoms with Crippen molar-refractivity contribution in [1.82, 2.24) is 5.32 Å². The SMILES string of the molecule is COc1ccc(Br)c(NC(=O)NCCOCC(=O)O)c1. The summed E-state index contributed by atoms with van der Waals surface area (Å²) in [5.41, 5.74) is 0.563. The predicted molar refractivity (Wildman–Crippen MR) is 76.2 cm³/mol. The Morgan fingerprint density at radius 2 is 2.15 bits per heavy atom. The summed E-state index contributed by atoms with van der Waals surface area (Å²) >= 11 is 3.31. The fraction of sp³-hybridized carbons (Fsp3) is 0.333. The molecule has 0 bridgehead atoms. The standard InChI is InChI=1S/C12H15BrN2O5/c1-19-8-2-3-9(13)10(6-8)15-12(18)14-4-5-20-7-11(16)17/h2-3,6H,4-5,7H2,1H3,(H,16,17)(H2,14,15,18). The summed E-state index contributed by atoms with van der Waals surface area (Å²) in [6.07, 6.45) is 0. The summed E-state index contributed by atoms with van der Waals surface area (Å²) < 4.78 is 10.6. The van der Waals surface area contributed by atoms with Gasteiger partial charge in [-0.1, -0.05) is 0 Å². The lowest BCUT2D eigenvalue weighted by molar-refractivity contribution is -0.142. The Kier molecular flexibility index (Phi) is 6.82. The molecule has 3 N–H and O–H groups in total. The van der Waals surface area contributed by atoms with Gasteiger partial charge in [-0.25, -0.2) is 9.59 Å². The zero-order valence-electron chi connectivity index (χ0n) is 10.8. The van der Waals surface area contributed by atoms with Crippen molar-refractivity contribution < 1.29 is 24.2 Å². The van der Waals surface area contributed by atoms with E-state index in [-0.39, 0.29) is 19.8 Å². The average molecular weight is 347 g/mol. The van der Waals surface area contributed by atoms with E-state index in [1.165, 1.54) is 7.11 Å². The van der Waals surface area contributed by atoms with Gasteiger partial charge >= 0.3 is 12.0 Å². The van der Waals surface area contributed by atoms with Crippen molar-refractivity contribution in [2.75, 3.05) is 32.2 Å². The summed E-state index contributed by atoms with van der Waals surface area (Å²) in [4.78, 5) is 21.8. The van der Waals surface area contributed by atoms with E-state index < -0.39 is 12.0 Å². The Morgan fingerprint density at radius 3 is 2.80 bits per heavy atom. The average Bonchev–Trinajstić information content (AvgIpc) is 2.40. The number of carbonyl (C=O) groups excluding carboxylic acids is 1. The highest BCUT2D eigenvalue weighted by atomic mass is 79.9. The van der Waals surface area contributed by atoms with Gasteiger partial charge < -0.3 is 25.2 Å². The highest BCUT2D eigenvalue weighted by Crippen LogP contribution is 2.26. The molecular weight excluding hydrogens is 332 g/mol. The number of amides is 2. The van der Waals surface area contributed by atoms with Crippen molar-refractivity contribution in [1.29, 1.82) is 0 Å². The maximum atomic E-state index is 11.6. The maximum absolute atomic E-state index is 11.6. The van der Waals surface area contributed by atoms with Crippen LogP contribution in [0.2, 0.25) is 0 Å².